The second-order valence-corrected chi connectivity index (χ2v) is 2.05. The Morgan fingerprint density at radius 2 is 2.18 bits per heavy atom. The number of nitriles is 1. The quantitative estimate of drug-likeness (QED) is 0.606. The molecule has 11 heavy (non-hydrogen) atoms. The smallest absolute Gasteiger partial charge is 0.124 e. The molecule has 0 saturated heterocycles. The molecule has 0 aliphatic heterocycles. The van der Waals surface area contributed by atoms with Gasteiger partial charge in [0.1, 0.15) is 12.5 Å². The molecule has 0 aliphatic rings. The molecule has 0 fully saturated rings. The SMILES string of the molecule is N#Cc1cc(F)ccc1CF. The Morgan fingerprint density at radius 1 is 1.45 bits per heavy atom. The van der Waals surface area contributed by atoms with Gasteiger partial charge in [0.15, 0.2) is 0 Å². The van der Waals surface area contributed by atoms with Crippen LogP contribution in [0.5, 0.6) is 0 Å². The molecule has 0 bridgehead atoms. The molecule has 0 saturated carbocycles. The normalized spacial score (nSPS) is 9.18. The van der Waals surface area contributed by atoms with Crippen molar-refractivity contribution in [1.29, 1.82) is 5.26 Å². The summed E-state index contributed by atoms with van der Waals surface area (Å²) in [4.78, 5) is 0. The average Bonchev–Trinajstić information content (AvgIpc) is 2.04. The molecule has 1 aromatic carbocycles. The number of rotatable bonds is 1. The fourth-order valence-electron chi connectivity index (χ4n) is 0.769. The van der Waals surface area contributed by atoms with Crippen LogP contribution >= 0.6 is 0 Å². The number of halogens is 2. The second kappa shape index (κ2) is 3.11. The number of nitrogens with zero attached hydrogens (tertiary/aromatic N) is 1. The monoisotopic (exact) mass is 153 g/mol. The van der Waals surface area contributed by atoms with Crippen LogP contribution in [0.4, 0.5) is 8.78 Å². The van der Waals surface area contributed by atoms with Crippen LogP contribution in [0.25, 0.3) is 0 Å². The Labute approximate surface area is 62.9 Å². The van der Waals surface area contributed by atoms with Gasteiger partial charge in [-0.15, -0.1) is 0 Å². The van der Waals surface area contributed by atoms with Crippen molar-refractivity contribution in [2.45, 2.75) is 6.67 Å². The molecule has 0 amide bonds. The molecule has 1 nitrogen and oxygen atoms in total. The predicted octanol–water partition coefficient (Wildman–Crippen LogP) is 2.17. The molecule has 0 aliphatic carbocycles. The van der Waals surface area contributed by atoms with Gasteiger partial charge in [-0.05, 0) is 12.1 Å². The first-order valence-corrected chi connectivity index (χ1v) is 3.02. The van der Waals surface area contributed by atoms with Crippen LogP contribution in [-0.4, -0.2) is 0 Å². The third kappa shape index (κ3) is 1.53. The number of hydrogen-bond acceptors (Lipinski definition) is 1. The van der Waals surface area contributed by atoms with E-state index in [0.717, 1.165) is 12.1 Å². The van der Waals surface area contributed by atoms with E-state index in [1.807, 2.05) is 0 Å². The van der Waals surface area contributed by atoms with Crippen LogP contribution in [-0.2, 0) is 6.67 Å². The Bertz CT molecular complexity index is 301. The van der Waals surface area contributed by atoms with Crippen LogP contribution in [0, 0.1) is 17.1 Å². The summed E-state index contributed by atoms with van der Waals surface area (Å²) in [6.07, 6.45) is 0. The molecule has 0 unspecified atom stereocenters. The summed E-state index contributed by atoms with van der Waals surface area (Å²) in [5.41, 5.74) is 0.293. The maximum absolute atomic E-state index is 12.4. The molecule has 0 aromatic heterocycles. The highest BCUT2D eigenvalue weighted by Gasteiger charge is 2.01. The van der Waals surface area contributed by atoms with Crippen molar-refractivity contribution in [3.63, 3.8) is 0 Å². The number of benzene rings is 1. The van der Waals surface area contributed by atoms with E-state index < -0.39 is 12.5 Å². The van der Waals surface area contributed by atoms with E-state index in [0.29, 0.717) is 0 Å². The van der Waals surface area contributed by atoms with Crippen LogP contribution in [0.3, 0.4) is 0 Å². The van der Waals surface area contributed by atoms with Crippen LogP contribution in [0.2, 0.25) is 0 Å². The zero-order valence-electron chi connectivity index (χ0n) is 5.64. The largest absolute Gasteiger partial charge is 0.246 e. The fourth-order valence-corrected chi connectivity index (χ4v) is 0.769. The molecule has 1 rings (SSSR count). The van der Waals surface area contributed by atoms with Crippen LogP contribution in [0.15, 0.2) is 18.2 Å². The summed E-state index contributed by atoms with van der Waals surface area (Å²) in [5, 5.41) is 8.39. The summed E-state index contributed by atoms with van der Waals surface area (Å²) in [5.74, 6) is -0.515. The zero-order chi connectivity index (χ0) is 8.27. The summed E-state index contributed by atoms with van der Waals surface area (Å²) in [6.45, 7) is -0.733. The van der Waals surface area contributed by atoms with E-state index in [-0.39, 0.29) is 11.1 Å². The van der Waals surface area contributed by atoms with E-state index >= 15 is 0 Å². The first-order valence-electron chi connectivity index (χ1n) is 3.02. The van der Waals surface area contributed by atoms with E-state index in [4.69, 9.17) is 5.26 Å². The molecule has 1 aromatic rings. The summed E-state index contributed by atoms with van der Waals surface area (Å²) in [6, 6.07) is 5.14. The standard InChI is InChI=1S/C8H5F2N/c9-4-6-1-2-8(10)3-7(6)5-11/h1-3H,4H2. The molecule has 0 radical (unpaired) electrons. The van der Waals surface area contributed by atoms with Gasteiger partial charge in [-0.1, -0.05) is 6.07 Å². The lowest BCUT2D eigenvalue weighted by atomic mass is 10.1. The minimum absolute atomic E-state index is 0.0625. The Morgan fingerprint density at radius 3 is 2.73 bits per heavy atom. The second-order valence-electron chi connectivity index (χ2n) is 2.05. The number of hydrogen-bond donors (Lipinski definition) is 0. The lowest BCUT2D eigenvalue weighted by Gasteiger charge is -1.96. The third-order valence-corrected chi connectivity index (χ3v) is 1.34. The maximum Gasteiger partial charge on any atom is 0.124 e. The van der Waals surface area contributed by atoms with Gasteiger partial charge in [0.05, 0.1) is 11.6 Å². The molecule has 0 spiro atoms. The average molecular weight is 153 g/mol. The summed E-state index contributed by atoms with van der Waals surface area (Å²) < 4.78 is 24.4. The van der Waals surface area contributed by atoms with Crippen LogP contribution in [0.1, 0.15) is 11.1 Å². The molecule has 0 N–H and O–H groups in total. The lowest BCUT2D eigenvalue weighted by Crippen LogP contribution is -1.87. The highest BCUT2D eigenvalue weighted by Crippen LogP contribution is 2.10. The Balaban J connectivity index is 3.19. The van der Waals surface area contributed by atoms with Gasteiger partial charge in [0.2, 0.25) is 0 Å². The lowest BCUT2D eigenvalue weighted by molar-refractivity contribution is 0.483. The molecule has 56 valence electrons. The molecule has 0 heterocycles. The van der Waals surface area contributed by atoms with Gasteiger partial charge in [-0.3, -0.25) is 0 Å². The first-order chi connectivity index (χ1) is 5.27. The highest BCUT2D eigenvalue weighted by molar-refractivity contribution is 5.37. The summed E-state index contributed by atoms with van der Waals surface area (Å²) >= 11 is 0. The van der Waals surface area contributed by atoms with E-state index in [1.165, 1.54) is 6.07 Å². The van der Waals surface area contributed by atoms with Crippen molar-refractivity contribution in [2.24, 2.45) is 0 Å². The van der Waals surface area contributed by atoms with Crippen molar-refractivity contribution in [2.75, 3.05) is 0 Å². The van der Waals surface area contributed by atoms with Crippen molar-refractivity contribution in [3.05, 3.63) is 35.1 Å². The van der Waals surface area contributed by atoms with Gasteiger partial charge in [0, 0.05) is 5.56 Å². The summed E-state index contributed by atoms with van der Waals surface area (Å²) in [7, 11) is 0. The third-order valence-electron chi connectivity index (χ3n) is 1.34. The van der Waals surface area contributed by atoms with Gasteiger partial charge >= 0.3 is 0 Å². The van der Waals surface area contributed by atoms with E-state index in [1.54, 1.807) is 6.07 Å². The molecular weight excluding hydrogens is 148 g/mol. The molecular formula is C8H5F2N. The van der Waals surface area contributed by atoms with Crippen molar-refractivity contribution >= 4 is 0 Å². The Hall–Kier alpha value is -1.43. The Kier molecular flexibility index (Phi) is 2.17. The zero-order valence-corrected chi connectivity index (χ0v) is 5.64. The van der Waals surface area contributed by atoms with Gasteiger partial charge in [-0.25, -0.2) is 8.78 Å². The van der Waals surface area contributed by atoms with Gasteiger partial charge < -0.3 is 0 Å². The number of alkyl halides is 1. The van der Waals surface area contributed by atoms with Gasteiger partial charge in [-0.2, -0.15) is 5.26 Å². The van der Waals surface area contributed by atoms with Crippen molar-refractivity contribution in [3.8, 4) is 6.07 Å². The van der Waals surface area contributed by atoms with Crippen molar-refractivity contribution in [1.82, 2.24) is 0 Å². The van der Waals surface area contributed by atoms with E-state index in [9.17, 15) is 8.78 Å². The fraction of sp³-hybridized carbons (Fsp3) is 0.125. The predicted molar refractivity (Wildman–Crippen MR) is 35.9 cm³/mol. The first kappa shape index (κ1) is 7.67. The van der Waals surface area contributed by atoms with Gasteiger partial charge in [0.25, 0.3) is 0 Å². The topological polar surface area (TPSA) is 23.8 Å². The maximum atomic E-state index is 12.4. The molecule has 3 heteroatoms. The minimum atomic E-state index is -0.733. The minimum Gasteiger partial charge on any atom is -0.246 e. The molecule has 0 atom stereocenters. The van der Waals surface area contributed by atoms with E-state index in [2.05, 4.69) is 0 Å². The highest BCUT2D eigenvalue weighted by atomic mass is 19.1. The van der Waals surface area contributed by atoms with Crippen molar-refractivity contribution < 1.29 is 8.78 Å². The van der Waals surface area contributed by atoms with Crippen LogP contribution < -0.4 is 0 Å².